The van der Waals surface area contributed by atoms with Gasteiger partial charge in [-0.05, 0) is 41.6 Å². The number of nitrogens with two attached hydrogens (primary N) is 1. The van der Waals surface area contributed by atoms with Gasteiger partial charge in [-0.3, -0.25) is 4.79 Å². The smallest absolute Gasteiger partial charge is 0.162 e. The largest absolute Gasteiger partial charge is 0.505 e. The molecule has 1 aromatic carbocycles. The van der Waals surface area contributed by atoms with Gasteiger partial charge >= 0.3 is 0 Å². The number of anilines is 1. The van der Waals surface area contributed by atoms with Gasteiger partial charge in [0.15, 0.2) is 11.5 Å². The molecule has 0 aliphatic heterocycles. The van der Waals surface area contributed by atoms with Gasteiger partial charge in [0.1, 0.15) is 0 Å². The predicted molar refractivity (Wildman–Crippen MR) is 55.2 cm³/mol. The molecule has 0 saturated carbocycles. The lowest BCUT2D eigenvalue weighted by Gasteiger charge is -2.05. The molecule has 0 radical (unpaired) electrons. The third-order valence-electron chi connectivity index (χ3n) is 1.55. The summed E-state index contributed by atoms with van der Waals surface area (Å²) in [6, 6.07) is 3.27. The van der Waals surface area contributed by atoms with Crippen molar-refractivity contribution in [1.82, 2.24) is 0 Å². The molecule has 0 aliphatic carbocycles. The van der Waals surface area contributed by atoms with E-state index < -0.39 is 0 Å². The fourth-order valence-electron chi connectivity index (χ4n) is 0.888. The van der Waals surface area contributed by atoms with E-state index in [1.807, 2.05) is 22.6 Å². The number of ketones is 1. The zero-order chi connectivity index (χ0) is 9.30. The zero-order valence-corrected chi connectivity index (χ0v) is 8.62. The fraction of sp³-hybridized carbons (Fsp3) is 0.125. The minimum Gasteiger partial charge on any atom is -0.505 e. The molecule has 0 aromatic heterocycles. The van der Waals surface area contributed by atoms with Gasteiger partial charge in [0, 0.05) is 5.56 Å². The van der Waals surface area contributed by atoms with Crippen molar-refractivity contribution in [2.45, 2.75) is 6.92 Å². The Morgan fingerprint density at radius 3 is 2.67 bits per heavy atom. The first kappa shape index (κ1) is 9.31. The van der Waals surface area contributed by atoms with Crippen LogP contribution >= 0.6 is 22.6 Å². The highest BCUT2D eigenvalue weighted by molar-refractivity contribution is 14.1. The summed E-state index contributed by atoms with van der Waals surface area (Å²) < 4.78 is 0.648. The van der Waals surface area contributed by atoms with E-state index in [9.17, 15) is 9.90 Å². The lowest BCUT2D eigenvalue weighted by Crippen LogP contribution is -2.00. The fourth-order valence-corrected chi connectivity index (χ4v) is 1.36. The van der Waals surface area contributed by atoms with Crippen molar-refractivity contribution in [3.8, 4) is 5.75 Å². The summed E-state index contributed by atoms with van der Waals surface area (Å²) in [7, 11) is 0. The Hall–Kier alpha value is -0.780. The molecule has 0 bridgehead atoms. The summed E-state index contributed by atoms with van der Waals surface area (Å²) in [5, 5.41) is 9.35. The van der Waals surface area contributed by atoms with Crippen LogP contribution in [-0.4, -0.2) is 10.9 Å². The highest BCUT2D eigenvalue weighted by Gasteiger charge is 2.10. The highest BCUT2D eigenvalue weighted by Crippen LogP contribution is 2.29. The molecule has 4 heteroatoms. The number of phenols is 1. The van der Waals surface area contributed by atoms with Crippen LogP contribution < -0.4 is 5.73 Å². The lowest BCUT2D eigenvalue weighted by molar-refractivity contribution is 0.101. The summed E-state index contributed by atoms with van der Waals surface area (Å²) in [6.45, 7) is 1.41. The van der Waals surface area contributed by atoms with Crippen molar-refractivity contribution in [3.05, 3.63) is 21.3 Å². The first-order chi connectivity index (χ1) is 5.54. The molecule has 0 heterocycles. The van der Waals surface area contributed by atoms with E-state index in [4.69, 9.17) is 5.73 Å². The van der Waals surface area contributed by atoms with Crippen LogP contribution in [0.3, 0.4) is 0 Å². The van der Waals surface area contributed by atoms with Crippen molar-refractivity contribution in [2.75, 3.05) is 5.73 Å². The van der Waals surface area contributed by atoms with E-state index in [2.05, 4.69) is 0 Å². The number of hydrogen-bond acceptors (Lipinski definition) is 3. The Bertz CT molecular complexity index is 336. The number of rotatable bonds is 1. The number of Topliss-reactive ketones (excluding diaryl/α,β-unsaturated/α-hetero) is 1. The Labute approximate surface area is 83.7 Å². The molecular formula is C8H8INO2. The van der Waals surface area contributed by atoms with Crippen molar-refractivity contribution < 1.29 is 9.90 Å². The van der Waals surface area contributed by atoms with Crippen LogP contribution in [0.4, 0.5) is 5.69 Å². The molecule has 1 aromatic rings. The number of halogens is 1. The first-order valence-electron chi connectivity index (χ1n) is 3.32. The maximum Gasteiger partial charge on any atom is 0.162 e. The monoisotopic (exact) mass is 277 g/mol. The van der Waals surface area contributed by atoms with E-state index in [1.165, 1.54) is 6.92 Å². The predicted octanol–water partition coefficient (Wildman–Crippen LogP) is 1.78. The molecule has 0 saturated heterocycles. The second-order valence-corrected chi connectivity index (χ2v) is 3.58. The third-order valence-corrected chi connectivity index (χ3v) is 2.42. The molecule has 3 N–H and O–H groups in total. The molecule has 0 aliphatic rings. The second-order valence-electron chi connectivity index (χ2n) is 2.41. The van der Waals surface area contributed by atoms with Gasteiger partial charge in [0.05, 0.1) is 9.26 Å². The maximum atomic E-state index is 10.9. The summed E-state index contributed by atoms with van der Waals surface area (Å²) in [5.74, 6) is -0.150. The van der Waals surface area contributed by atoms with Gasteiger partial charge in [0.2, 0.25) is 0 Å². The van der Waals surface area contributed by atoms with Crippen LogP contribution in [0.5, 0.6) is 5.75 Å². The van der Waals surface area contributed by atoms with E-state index in [0.717, 1.165) is 0 Å². The molecule has 0 unspecified atom stereocenters. The van der Waals surface area contributed by atoms with Crippen molar-refractivity contribution >= 4 is 34.1 Å². The summed E-state index contributed by atoms with van der Waals surface area (Å²) in [4.78, 5) is 10.9. The van der Waals surface area contributed by atoms with Gasteiger partial charge in [-0.15, -0.1) is 0 Å². The maximum absolute atomic E-state index is 10.9. The molecule has 64 valence electrons. The lowest BCUT2D eigenvalue weighted by atomic mass is 10.1. The van der Waals surface area contributed by atoms with Gasteiger partial charge < -0.3 is 10.8 Å². The molecule has 12 heavy (non-hydrogen) atoms. The van der Waals surface area contributed by atoms with E-state index in [0.29, 0.717) is 9.13 Å². The van der Waals surface area contributed by atoms with Crippen LogP contribution in [0, 0.1) is 3.57 Å². The van der Waals surface area contributed by atoms with Gasteiger partial charge in [0.25, 0.3) is 0 Å². The Morgan fingerprint density at radius 1 is 1.58 bits per heavy atom. The topological polar surface area (TPSA) is 63.3 Å². The van der Waals surface area contributed by atoms with Crippen molar-refractivity contribution in [3.63, 3.8) is 0 Å². The molecule has 1 rings (SSSR count). The number of aromatic hydroxyl groups is 1. The van der Waals surface area contributed by atoms with Crippen LogP contribution in [0.1, 0.15) is 17.3 Å². The molecule has 0 atom stereocenters. The van der Waals surface area contributed by atoms with Gasteiger partial charge in [-0.1, -0.05) is 0 Å². The minimum absolute atomic E-state index is 0.0108. The zero-order valence-electron chi connectivity index (χ0n) is 6.47. The van der Waals surface area contributed by atoms with E-state index >= 15 is 0 Å². The number of carbonyl (C=O) groups is 1. The third kappa shape index (κ3) is 1.52. The quantitative estimate of drug-likeness (QED) is 0.356. The van der Waals surface area contributed by atoms with Crippen LogP contribution in [0.25, 0.3) is 0 Å². The molecule has 0 amide bonds. The average Bonchev–Trinajstić information content (AvgIpc) is 2.00. The van der Waals surface area contributed by atoms with Crippen molar-refractivity contribution in [1.29, 1.82) is 0 Å². The highest BCUT2D eigenvalue weighted by atomic mass is 127. The van der Waals surface area contributed by atoms with Crippen LogP contribution in [0.15, 0.2) is 12.1 Å². The number of benzene rings is 1. The number of nitrogen functional groups attached to an aromatic ring is 1. The normalized spacial score (nSPS) is 9.83. The van der Waals surface area contributed by atoms with E-state index in [1.54, 1.807) is 12.1 Å². The molecular weight excluding hydrogens is 269 g/mol. The molecule has 3 nitrogen and oxygen atoms in total. The van der Waals surface area contributed by atoms with Crippen LogP contribution in [-0.2, 0) is 0 Å². The van der Waals surface area contributed by atoms with Crippen LogP contribution in [0.2, 0.25) is 0 Å². The number of carbonyl (C=O) groups excluding carboxylic acids is 1. The second kappa shape index (κ2) is 3.30. The van der Waals surface area contributed by atoms with Gasteiger partial charge in [-0.2, -0.15) is 0 Å². The Kier molecular flexibility index (Phi) is 2.56. The average molecular weight is 277 g/mol. The van der Waals surface area contributed by atoms with E-state index in [-0.39, 0.29) is 17.2 Å². The summed E-state index contributed by atoms with van der Waals surface area (Å²) in [6.07, 6.45) is 0. The first-order valence-corrected chi connectivity index (χ1v) is 4.39. The molecule has 0 fully saturated rings. The minimum atomic E-state index is -0.140. The summed E-state index contributed by atoms with van der Waals surface area (Å²) >= 11 is 1.95. The summed E-state index contributed by atoms with van der Waals surface area (Å²) in [5.41, 5.74) is 6.04. The van der Waals surface area contributed by atoms with Crippen molar-refractivity contribution in [2.24, 2.45) is 0 Å². The number of hydrogen-bond donors (Lipinski definition) is 2. The Morgan fingerprint density at radius 2 is 2.17 bits per heavy atom. The van der Waals surface area contributed by atoms with Gasteiger partial charge in [-0.25, -0.2) is 0 Å². The molecule has 0 spiro atoms. The number of phenolic OH excluding ortho intramolecular Hbond substituents is 1. The standard InChI is InChI=1S/C8H8INO2/c1-4(11)5-2-3-6(9)8(12)7(5)10/h2-3,12H,10H2,1H3. The Balaban J connectivity index is 3.36. The SMILES string of the molecule is CC(=O)c1ccc(I)c(O)c1N.